The van der Waals surface area contributed by atoms with Gasteiger partial charge in [-0.05, 0) is 0 Å². The summed E-state index contributed by atoms with van der Waals surface area (Å²) in [5.41, 5.74) is 0. The maximum absolute atomic E-state index is 9.19. The first-order valence-corrected chi connectivity index (χ1v) is 6.94. The Morgan fingerprint density at radius 2 is 1.62 bits per heavy atom. The Hall–Kier alpha value is 0.530. The van der Waals surface area contributed by atoms with E-state index in [1.165, 1.54) is 0 Å². The smallest absolute Gasteiger partial charge is 0.344 e. The molecule has 0 atom stereocenters. The van der Waals surface area contributed by atoms with Crippen LogP contribution in [0.2, 0.25) is 0 Å². The first kappa shape index (κ1) is 16.0. The second kappa shape index (κ2) is 6.91. The van der Waals surface area contributed by atoms with Gasteiger partial charge in [-0.2, -0.15) is 0 Å². The quantitative estimate of drug-likeness (QED) is 0.219. The van der Waals surface area contributed by atoms with E-state index in [9.17, 15) is 9.46 Å². The molecule has 8 heteroatoms. The van der Waals surface area contributed by atoms with Gasteiger partial charge in [0, 0.05) is 11.6 Å². The first-order valence-electron chi connectivity index (χ1n) is 3.13. The lowest BCUT2D eigenvalue weighted by atomic mass is 10.9. The minimum Gasteiger partial charge on any atom is -0.776 e. The lowest BCUT2D eigenvalue weighted by Crippen LogP contribution is -2.24. The van der Waals surface area contributed by atoms with Crippen molar-refractivity contribution in [2.24, 2.45) is 0 Å². The minimum atomic E-state index is -3.94. The molecule has 0 heterocycles. The summed E-state index contributed by atoms with van der Waals surface area (Å²) in [4.78, 5) is 11.0. The SMILES string of the molecule is CN(C)C(Cl)=[N+](C)C.O=P([O-])(Cl)Cl. The van der Waals surface area contributed by atoms with Crippen molar-refractivity contribution in [2.45, 2.75) is 0 Å². The largest absolute Gasteiger partial charge is 0.776 e. The van der Waals surface area contributed by atoms with Crippen LogP contribution < -0.4 is 4.89 Å². The monoisotopic (exact) mass is 268 g/mol. The van der Waals surface area contributed by atoms with Gasteiger partial charge in [0.25, 0.3) is 0 Å². The molecule has 0 unspecified atom stereocenters. The van der Waals surface area contributed by atoms with Gasteiger partial charge in [0.1, 0.15) is 0 Å². The zero-order chi connectivity index (χ0) is 11.2. The average molecular weight is 269 g/mol. The van der Waals surface area contributed by atoms with Gasteiger partial charge < -0.3 is 9.46 Å². The van der Waals surface area contributed by atoms with Gasteiger partial charge >= 0.3 is 5.29 Å². The standard InChI is InChI=1S/C5H12ClN2.Cl2HO2P/c1-7(2)5(6)8(3)4;1-5(2,3)4/h1-4H3;(H,3,4)/q+1;/p-1. The van der Waals surface area contributed by atoms with Crippen LogP contribution in [0.1, 0.15) is 0 Å². The highest BCUT2D eigenvalue weighted by Gasteiger charge is 2.03. The summed E-state index contributed by atoms with van der Waals surface area (Å²) in [6.07, 6.45) is -3.94. The van der Waals surface area contributed by atoms with Crippen LogP contribution in [0.25, 0.3) is 0 Å². The van der Waals surface area contributed by atoms with Crippen LogP contribution >= 0.6 is 40.2 Å². The number of amidine groups is 1. The Morgan fingerprint density at radius 1 is 1.38 bits per heavy atom. The lowest BCUT2D eigenvalue weighted by molar-refractivity contribution is -0.466. The van der Waals surface area contributed by atoms with Crippen molar-refractivity contribution in [3.05, 3.63) is 0 Å². The number of nitrogens with zero attached hydrogens (tertiary/aromatic N) is 2. The van der Waals surface area contributed by atoms with Gasteiger partial charge in [-0.15, -0.1) is 0 Å². The van der Waals surface area contributed by atoms with Gasteiger partial charge in [-0.1, -0.05) is 22.5 Å². The summed E-state index contributed by atoms with van der Waals surface area (Å²) in [6.45, 7) is 0. The van der Waals surface area contributed by atoms with Crippen LogP contribution in [0.15, 0.2) is 0 Å². The molecule has 0 saturated carbocycles. The Balaban J connectivity index is 0. The topological polar surface area (TPSA) is 46.4 Å². The van der Waals surface area contributed by atoms with Crippen molar-refractivity contribution in [2.75, 3.05) is 28.2 Å². The molecule has 0 aliphatic rings. The van der Waals surface area contributed by atoms with E-state index in [-0.39, 0.29) is 0 Å². The van der Waals surface area contributed by atoms with Crippen molar-refractivity contribution in [3.8, 4) is 0 Å². The van der Waals surface area contributed by atoms with Crippen molar-refractivity contribution in [3.63, 3.8) is 0 Å². The van der Waals surface area contributed by atoms with E-state index in [4.69, 9.17) is 11.6 Å². The molecule has 0 radical (unpaired) electrons. The Kier molecular flexibility index (Phi) is 8.49. The molecular formula is C5H12Cl3N2O2P. The highest BCUT2D eigenvalue weighted by atomic mass is 35.9. The fraction of sp³-hybridized carbons (Fsp3) is 0.800. The molecule has 0 aliphatic carbocycles. The van der Waals surface area contributed by atoms with Gasteiger partial charge in [0.05, 0.1) is 28.2 Å². The first-order chi connectivity index (χ1) is 5.55. The Labute approximate surface area is 92.7 Å². The molecule has 0 saturated heterocycles. The molecule has 0 bridgehead atoms. The number of halogens is 3. The third-order valence-corrected chi connectivity index (χ3v) is 1.41. The summed E-state index contributed by atoms with van der Waals surface area (Å²) in [5, 5.41) is 0.741. The summed E-state index contributed by atoms with van der Waals surface area (Å²) >= 11 is 14.3. The molecule has 0 N–H and O–H groups in total. The van der Waals surface area contributed by atoms with E-state index >= 15 is 0 Å². The second-order valence-corrected chi connectivity index (χ2v) is 6.83. The zero-order valence-electron chi connectivity index (χ0n) is 7.79. The minimum absolute atomic E-state index is 0.741. The number of rotatable bonds is 0. The van der Waals surface area contributed by atoms with Crippen LogP contribution in [0, 0.1) is 0 Å². The zero-order valence-corrected chi connectivity index (χ0v) is 11.0. The number of hydrogen-bond acceptors (Lipinski definition) is 2. The predicted octanol–water partition coefficient (Wildman–Crippen LogP) is 1.35. The van der Waals surface area contributed by atoms with E-state index in [1.54, 1.807) is 0 Å². The van der Waals surface area contributed by atoms with Crippen molar-refractivity contribution in [1.82, 2.24) is 4.90 Å². The maximum atomic E-state index is 9.19. The van der Waals surface area contributed by atoms with E-state index in [0.29, 0.717) is 0 Å². The second-order valence-electron chi connectivity index (χ2n) is 2.47. The summed E-state index contributed by atoms with van der Waals surface area (Å²) in [6, 6.07) is 0. The van der Waals surface area contributed by atoms with E-state index in [1.807, 2.05) is 37.7 Å². The lowest BCUT2D eigenvalue weighted by Gasteiger charge is -2.02. The maximum Gasteiger partial charge on any atom is 0.344 e. The molecule has 0 rings (SSSR count). The fourth-order valence-electron chi connectivity index (χ4n) is 0.400. The third kappa shape index (κ3) is 19.1. The third-order valence-electron chi connectivity index (χ3n) is 0.738. The van der Waals surface area contributed by atoms with Crippen molar-refractivity contribution >= 4 is 45.5 Å². The summed E-state index contributed by atoms with van der Waals surface area (Å²) in [7, 11) is 7.62. The van der Waals surface area contributed by atoms with Crippen LogP contribution in [0.3, 0.4) is 0 Å². The van der Waals surface area contributed by atoms with Crippen LogP contribution in [0.5, 0.6) is 0 Å². The van der Waals surface area contributed by atoms with E-state index in [2.05, 4.69) is 22.5 Å². The highest BCUT2D eigenvalue weighted by Crippen LogP contribution is 2.46. The van der Waals surface area contributed by atoms with Gasteiger partial charge in [-0.3, -0.25) is 9.48 Å². The Bertz CT molecular complexity index is 214. The predicted molar refractivity (Wildman–Crippen MR) is 56.0 cm³/mol. The molecule has 80 valence electrons. The van der Waals surface area contributed by atoms with Crippen LogP contribution in [-0.4, -0.2) is 43.0 Å². The normalized spacial score (nSPS) is 9.85. The highest BCUT2D eigenvalue weighted by molar-refractivity contribution is 8.03. The van der Waals surface area contributed by atoms with Crippen LogP contribution in [0.4, 0.5) is 0 Å². The molecule has 0 aromatic rings. The molecule has 0 aliphatic heterocycles. The number of hydrogen-bond donors (Lipinski definition) is 0. The van der Waals surface area contributed by atoms with E-state index in [0.717, 1.165) is 5.29 Å². The summed E-state index contributed by atoms with van der Waals surface area (Å²) in [5.74, 6) is 0. The Morgan fingerprint density at radius 3 is 1.62 bits per heavy atom. The molecule has 13 heavy (non-hydrogen) atoms. The van der Waals surface area contributed by atoms with Crippen molar-refractivity contribution < 1.29 is 14.0 Å². The molecule has 0 aromatic carbocycles. The molecule has 0 amide bonds. The molecule has 4 nitrogen and oxygen atoms in total. The van der Waals surface area contributed by atoms with Crippen LogP contribution in [-0.2, 0) is 4.57 Å². The molecular weight excluding hydrogens is 257 g/mol. The molecule has 0 fully saturated rings. The average Bonchev–Trinajstić information content (AvgIpc) is 1.81. The van der Waals surface area contributed by atoms with Crippen molar-refractivity contribution in [1.29, 1.82) is 0 Å². The van der Waals surface area contributed by atoms with E-state index < -0.39 is 6.07 Å². The van der Waals surface area contributed by atoms with Gasteiger partial charge in [-0.25, -0.2) is 0 Å². The van der Waals surface area contributed by atoms with Gasteiger partial charge in [0.2, 0.25) is 0 Å². The van der Waals surface area contributed by atoms with Gasteiger partial charge in [0.15, 0.2) is 6.07 Å². The fourth-order valence-corrected chi connectivity index (χ4v) is 0.400. The summed E-state index contributed by atoms with van der Waals surface area (Å²) < 4.78 is 11.0. The molecule has 0 aromatic heterocycles. The molecule has 0 spiro atoms.